The molecule has 0 bridgehead atoms. The van der Waals surface area contributed by atoms with Crippen LogP contribution in [0.1, 0.15) is 0 Å². The molecule has 0 heterocycles. The molecule has 0 radical (unpaired) electrons. The van der Waals surface area contributed by atoms with Crippen LogP contribution in [0.4, 0.5) is 11.4 Å². The number of hydrazine groups is 1. The summed E-state index contributed by atoms with van der Waals surface area (Å²) in [7, 11) is 0. The number of hydrogen-bond donors (Lipinski definition) is 3. The van der Waals surface area contributed by atoms with Gasteiger partial charge in [-0.1, -0.05) is 34.1 Å². The standard InChI is InChI=1S/C13H13BrN4/c14-10-6-8-12(9-7-10)17-13(18-15)16-11-4-2-1-3-5-11/h1-9H,15H2,(H2,16,17,18). The van der Waals surface area contributed by atoms with Gasteiger partial charge in [0.25, 0.3) is 0 Å². The van der Waals surface area contributed by atoms with Crippen LogP contribution in [0.2, 0.25) is 0 Å². The van der Waals surface area contributed by atoms with Crippen molar-refractivity contribution in [2.45, 2.75) is 0 Å². The van der Waals surface area contributed by atoms with Gasteiger partial charge in [0, 0.05) is 10.2 Å². The minimum absolute atomic E-state index is 0.489. The van der Waals surface area contributed by atoms with Gasteiger partial charge < -0.3 is 5.32 Å². The Morgan fingerprint density at radius 2 is 1.67 bits per heavy atom. The lowest BCUT2D eigenvalue weighted by Crippen LogP contribution is -2.35. The predicted octanol–water partition coefficient (Wildman–Crippen LogP) is 3.01. The highest BCUT2D eigenvalue weighted by Gasteiger charge is 1.98. The lowest BCUT2D eigenvalue weighted by Gasteiger charge is -2.08. The molecule has 0 amide bonds. The Labute approximate surface area is 114 Å². The van der Waals surface area contributed by atoms with E-state index in [4.69, 9.17) is 5.84 Å². The molecule has 0 aliphatic carbocycles. The molecule has 0 atom stereocenters. The maximum absolute atomic E-state index is 5.45. The van der Waals surface area contributed by atoms with Crippen LogP contribution in [0.5, 0.6) is 0 Å². The van der Waals surface area contributed by atoms with Gasteiger partial charge in [-0.25, -0.2) is 10.8 Å². The number of anilines is 1. The van der Waals surface area contributed by atoms with Crippen LogP contribution in [0.25, 0.3) is 0 Å². The number of hydrogen-bond acceptors (Lipinski definition) is 2. The van der Waals surface area contributed by atoms with Gasteiger partial charge in [0.1, 0.15) is 0 Å². The van der Waals surface area contributed by atoms with Crippen LogP contribution < -0.4 is 16.6 Å². The first-order valence-electron chi connectivity index (χ1n) is 5.41. The van der Waals surface area contributed by atoms with Gasteiger partial charge in [-0.2, -0.15) is 0 Å². The molecule has 0 saturated heterocycles. The van der Waals surface area contributed by atoms with Gasteiger partial charge >= 0.3 is 0 Å². The molecule has 0 aliphatic heterocycles. The number of guanidine groups is 1. The fraction of sp³-hybridized carbons (Fsp3) is 0. The van der Waals surface area contributed by atoms with Gasteiger partial charge in [-0.05, 0) is 36.4 Å². The van der Waals surface area contributed by atoms with Crippen molar-refractivity contribution >= 4 is 33.3 Å². The van der Waals surface area contributed by atoms with Crippen LogP contribution in [0.3, 0.4) is 0 Å². The molecule has 0 fully saturated rings. The third kappa shape index (κ3) is 3.58. The Morgan fingerprint density at radius 3 is 2.28 bits per heavy atom. The van der Waals surface area contributed by atoms with E-state index in [9.17, 15) is 0 Å². The largest absolute Gasteiger partial charge is 0.325 e. The lowest BCUT2D eigenvalue weighted by molar-refractivity contribution is 1.02. The van der Waals surface area contributed by atoms with E-state index in [1.807, 2.05) is 54.6 Å². The summed E-state index contributed by atoms with van der Waals surface area (Å²) >= 11 is 3.38. The van der Waals surface area contributed by atoms with E-state index in [0.29, 0.717) is 5.96 Å². The second-order valence-electron chi connectivity index (χ2n) is 3.57. The number of aliphatic imine (C=N–C) groups is 1. The zero-order valence-electron chi connectivity index (χ0n) is 9.60. The summed E-state index contributed by atoms with van der Waals surface area (Å²) in [6.07, 6.45) is 0. The summed E-state index contributed by atoms with van der Waals surface area (Å²) in [6.45, 7) is 0. The third-order valence-corrected chi connectivity index (χ3v) is 2.77. The van der Waals surface area contributed by atoms with Crippen LogP contribution in [0.15, 0.2) is 64.1 Å². The Balaban J connectivity index is 2.15. The number of para-hydroxylation sites is 1. The molecule has 18 heavy (non-hydrogen) atoms. The molecule has 2 rings (SSSR count). The SMILES string of the molecule is NNC(=Nc1ccc(Br)cc1)Nc1ccccc1. The van der Waals surface area contributed by atoms with E-state index < -0.39 is 0 Å². The zero-order valence-corrected chi connectivity index (χ0v) is 11.2. The van der Waals surface area contributed by atoms with E-state index in [2.05, 4.69) is 31.7 Å². The van der Waals surface area contributed by atoms with E-state index >= 15 is 0 Å². The molecular formula is C13H13BrN4. The first-order chi connectivity index (χ1) is 8.78. The van der Waals surface area contributed by atoms with Gasteiger partial charge in [-0.3, -0.25) is 5.43 Å². The van der Waals surface area contributed by atoms with Crippen molar-refractivity contribution in [3.05, 3.63) is 59.1 Å². The van der Waals surface area contributed by atoms with E-state index in [-0.39, 0.29) is 0 Å². The van der Waals surface area contributed by atoms with Crippen molar-refractivity contribution in [2.75, 3.05) is 5.32 Å². The molecule has 2 aromatic carbocycles. The maximum atomic E-state index is 5.45. The van der Waals surface area contributed by atoms with Gasteiger partial charge in [0.15, 0.2) is 0 Å². The number of benzene rings is 2. The van der Waals surface area contributed by atoms with Crippen molar-refractivity contribution in [3.63, 3.8) is 0 Å². The molecule has 0 aromatic heterocycles. The number of nitrogens with one attached hydrogen (secondary N) is 2. The van der Waals surface area contributed by atoms with E-state index in [1.54, 1.807) is 0 Å². The molecule has 2 aromatic rings. The fourth-order valence-corrected chi connectivity index (χ4v) is 1.66. The molecule has 0 unspecified atom stereocenters. The predicted molar refractivity (Wildman–Crippen MR) is 78.6 cm³/mol. The lowest BCUT2D eigenvalue weighted by atomic mass is 10.3. The molecule has 0 spiro atoms. The quantitative estimate of drug-likeness (QED) is 0.346. The van der Waals surface area contributed by atoms with Crippen molar-refractivity contribution < 1.29 is 0 Å². The highest BCUT2D eigenvalue weighted by molar-refractivity contribution is 9.10. The average Bonchev–Trinajstić information content (AvgIpc) is 2.41. The van der Waals surface area contributed by atoms with Gasteiger partial charge in [0.2, 0.25) is 5.96 Å². The van der Waals surface area contributed by atoms with E-state index in [1.165, 1.54) is 0 Å². The first-order valence-corrected chi connectivity index (χ1v) is 6.20. The smallest absolute Gasteiger partial charge is 0.215 e. The summed E-state index contributed by atoms with van der Waals surface area (Å²) < 4.78 is 1.01. The maximum Gasteiger partial charge on any atom is 0.215 e. The molecular weight excluding hydrogens is 292 g/mol. The normalized spacial score (nSPS) is 11.1. The van der Waals surface area contributed by atoms with Crippen molar-refractivity contribution in [2.24, 2.45) is 10.8 Å². The summed E-state index contributed by atoms with van der Waals surface area (Å²) in [4.78, 5) is 4.36. The Kier molecular flexibility index (Phi) is 4.33. The van der Waals surface area contributed by atoms with Gasteiger partial charge in [0.05, 0.1) is 5.69 Å². The summed E-state index contributed by atoms with van der Waals surface area (Å²) in [5.41, 5.74) is 4.28. The summed E-state index contributed by atoms with van der Waals surface area (Å²) in [6, 6.07) is 17.4. The molecule has 92 valence electrons. The van der Waals surface area contributed by atoms with Gasteiger partial charge in [-0.15, -0.1) is 0 Å². The molecule has 0 saturated carbocycles. The zero-order chi connectivity index (χ0) is 12.8. The number of halogens is 1. The minimum atomic E-state index is 0.489. The van der Waals surface area contributed by atoms with Crippen LogP contribution in [-0.2, 0) is 0 Å². The summed E-state index contributed by atoms with van der Waals surface area (Å²) in [5, 5.41) is 3.09. The van der Waals surface area contributed by atoms with Crippen molar-refractivity contribution in [3.8, 4) is 0 Å². The highest BCUT2D eigenvalue weighted by atomic mass is 79.9. The Bertz CT molecular complexity index is 522. The highest BCUT2D eigenvalue weighted by Crippen LogP contribution is 2.17. The number of nitrogens with zero attached hydrogens (tertiary/aromatic N) is 1. The molecule has 4 nitrogen and oxygen atoms in total. The van der Waals surface area contributed by atoms with E-state index in [0.717, 1.165) is 15.8 Å². The second-order valence-corrected chi connectivity index (χ2v) is 4.49. The molecule has 4 N–H and O–H groups in total. The minimum Gasteiger partial charge on any atom is -0.325 e. The number of rotatable bonds is 2. The first kappa shape index (κ1) is 12.6. The second kappa shape index (κ2) is 6.18. The topological polar surface area (TPSA) is 62.4 Å². The Morgan fingerprint density at radius 1 is 1.00 bits per heavy atom. The third-order valence-electron chi connectivity index (χ3n) is 2.24. The summed E-state index contributed by atoms with van der Waals surface area (Å²) in [5.74, 6) is 5.94. The van der Waals surface area contributed by atoms with Crippen molar-refractivity contribution in [1.82, 2.24) is 5.43 Å². The van der Waals surface area contributed by atoms with Crippen LogP contribution in [-0.4, -0.2) is 5.96 Å². The molecule has 5 heteroatoms. The van der Waals surface area contributed by atoms with Crippen molar-refractivity contribution in [1.29, 1.82) is 0 Å². The van der Waals surface area contributed by atoms with Crippen LogP contribution >= 0.6 is 15.9 Å². The van der Waals surface area contributed by atoms with Crippen LogP contribution in [0, 0.1) is 0 Å². The molecule has 0 aliphatic rings. The number of nitrogens with two attached hydrogens (primary N) is 1. The fourth-order valence-electron chi connectivity index (χ4n) is 1.40. The monoisotopic (exact) mass is 304 g/mol. The average molecular weight is 305 g/mol. The Hall–Kier alpha value is -1.85.